The van der Waals surface area contributed by atoms with Crippen molar-refractivity contribution < 1.29 is 9.53 Å². The first-order chi connectivity index (χ1) is 11.8. The lowest BCUT2D eigenvalue weighted by atomic mass is 9.86. The average molecular weight is 340 g/mol. The third kappa shape index (κ3) is 5.31. The number of carbonyl (C=O) groups excluding carboxylic acids is 1. The summed E-state index contributed by atoms with van der Waals surface area (Å²) in [6.45, 7) is 11.0. The van der Waals surface area contributed by atoms with Gasteiger partial charge in [-0.25, -0.2) is 0 Å². The zero-order chi connectivity index (χ0) is 18.4. The number of ether oxygens (including phenoxy) is 1. The average Bonchev–Trinajstić information content (AvgIpc) is 2.57. The Morgan fingerprint density at radius 1 is 1.16 bits per heavy atom. The molecule has 0 radical (unpaired) electrons. The molecule has 4 heteroatoms. The number of aromatic nitrogens is 1. The molecule has 4 nitrogen and oxygen atoms in total. The molecular formula is C21H28N2O2. The molecule has 0 bridgehead atoms. The summed E-state index contributed by atoms with van der Waals surface area (Å²) in [5.74, 6) is 0.746. The highest BCUT2D eigenvalue weighted by atomic mass is 16.5. The number of amides is 1. The van der Waals surface area contributed by atoms with Crippen LogP contribution in [0.3, 0.4) is 0 Å². The molecule has 0 aliphatic rings. The molecule has 1 amide bonds. The molecule has 0 N–H and O–H groups in total. The van der Waals surface area contributed by atoms with Crippen LogP contribution in [0.4, 0.5) is 0 Å². The van der Waals surface area contributed by atoms with E-state index in [0.29, 0.717) is 6.54 Å². The van der Waals surface area contributed by atoms with Crippen LogP contribution in [0.1, 0.15) is 45.7 Å². The molecule has 0 aliphatic heterocycles. The monoisotopic (exact) mass is 340 g/mol. The van der Waals surface area contributed by atoms with Crippen molar-refractivity contribution in [2.45, 2.75) is 52.6 Å². The summed E-state index contributed by atoms with van der Waals surface area (Å²) in [6, 6.07) is 11.9. The number of pyridine rings is 1. The van der Waals surface area contributed by atoms with Crippen LogP contribution in [0.15, 0.2) is 48.8 Å². The van der Waals surface area contributed by atoms with E-state index in [4.69, 9.17) is 4.74 Å². The molecule has 2 aromatic rings. The summed E-state index contributed by atoms with van der Waals surface area (Å²) in [5, 5.41) is 0. The Kier molecular flexibility index (Phi) is 6.18. The fraction of sp³-hybridized carbons (Fsp3) is 0.429. The molecule has 0 unspecified atom stereocenters. The fourth-order valence-corrected chi connectivity index (χ4v) is 2.68. The van der Waals surface area contributed by atoms with E-state index in [2.05, 4.69) is 31.8 Å². The smallest absolute Gasteiger partial charge is 0.261 e. The third-order valence-electron chi connectivity index (χ3n) is 4.07. The lowest BCUT2D eigenvalue weighted by Crippen LogP contribution is -2.39. The Hall–Kier alpha value is -2.36. The fourth-order valence-electron chi connectivity index (χ4n) is 2.68. The van der Waals surface area contributed by atoms with Crippen LogP contribution in [0.5, 0.6) is 5.75 Å². The van der Waals surface area contributed by atoms with Crippen LogP contribution in [0.2, 0.25) is 0 Å². The van der Waals surface area contributed by atoms with Crippen LogP contribution in [-0.2, 0) is 16.8 Å². The van der Waals surface area contributed by atoms with Crippen molar-refractivity contribution in [3.63, 3.8) is 0 Å². The maximum absolute atomic E-state index is 12.7. The highest BCUT2D eigenvalue weighted by Gasteiger charge is 2.21. The van der Waals surface area contributed by atoms with Crippen molar-refractivity contribution in [3.8, 4) is 5.75 Å². The van der Waals surface area contributed by atoms with Crippen molar-refractivity contribution >= 4 is 5.91 Å². The van der Waals surface area contributed by atoms with Gasteiger partial charge in [-0.3, -0.25) is 9.78 Å². The van der Waals surface area contributed by atoms with Gasteiger partial charge in [0.15, 0.2) is 6.61 Å². The van der Waals surface area contributed by atoms with Gasteiger partial charge in [0.25, 0.3) is 5.91 Å². The van der Waals surface area contributed by atoms with E-state index in [9.17, 15) is 4.79 Å². The molecule has 1 aromatic carbocycles. The van der Waals surface area contributed by atoms with Gasteiger partial charge in [0, 0.05) is 25.0 Å². The molecule has 0 spiro atoms. The van der Waals surface area contributed by atoms with E-state index in [-0.39, 0.29) is 24.0 Å². The third-order valence-corrected chi connectivity index (χ3v) is 4.07. The minimum absolute atomic E-state index is 0.0254. The largest absolute Gasteiger partial charge is 0.483 e. The topological polar surface area (TPSA) is 42.4 Å². The van der Waals surface area contributed by atoms with Gasteiger partial charge in [-0.05, 0) is 42.5 Å². The summed E-state index contributed by atoms with van der Waals surface area (Å²) in [6.07, 6.45) is 3.52. The maximum Gasteiger partial charge on any atom is 0.261 e. The first kappa shape index (κ1) is 19.0. The second-order valence-corrected chi connectivity index (χ2v) is 7.51. The number of hydrogen-bond acceptors (Lipinski definition) is 3. The van der Waals surface area contributed by atoms with Crippen molar-refractivity contribution in [2.75, 3.05) is 6.61 Å². The quantitative estimate of drug-likeness (QED) is 0.791. The minimum atomic E-state index is -0.0346. The summed E-state index contributed by atoms with van der Waals surface area (Å²) in [4.78, 5) is 18.6. The number of nitrogens with zero attached hydrogens (tertiary/aromatic N) is 2. The van der Waals surface area contributed by atoms with E-state index in [1.165, 1.54) is 0 Å². The Balaban J connectivity index is 2.07. The van der Waals surface area contributed by atoms with Crippen LogP contribution in [0.25, 0.3) is 0 Å². The van der Waals surface area contributed by atoms with Crippen molar-refractivity contribution in [2.24, 2.45) is 0 Å². The molecule has 134 valence electrons. The van der Waals surface area contributed by atoms with Gasteiger partial charge in [-0.2, -0.15) is 0 Å². The molecule has 25 heavy (non-hydrogen) atoms. The van der Waals surface area contributed by atoms with Crippen LogP contribution >= 0.6 is 0 Å². The summed E-state index contributed by atoms with van der Waals surface area (Å²) >= 11 is 0. The molecular weight excluding hydrogens is 312 g/mol. The lowest BCUT2D eigenvalue weighted by Gasteiger charge is -2.28. The van der Waals surface area contributed by atoms with Gasteiger partial charge in [-0.1, -0.05) is 45.0 Å². The lowest BCUT2D eigenvalue weighted by molar-refractivity contribution is -0.135. The maximum atomic E-state index is 12.7. The summed E-state index contributed by atoms with van der Waals surface area (Å²) in [7, 11) is 0. The SMILES string of the molecule is CC(C)N(Cc1cccnc1)C(=O)COc1ccccc1C(C)(C)C. The molecule has 1 aromatic heterocycles. The Morgan fingerprint density at radius 2 is 1.88 bits per heavy atom. The summed E-state index contributed by atoms with van der Waals surface area (Å²) < 4.78 is 5.89. The molecule has 0 fully saturated rings. The van der Waals surface area contributed by atoms with Crippen molar-refractivity contribution in [1.29, 1.82) is 0 Å². The normalized spacial score (nSPS) is 11.4. The van der Waals surface area contributed by atoms with Crippen LogP contribution in [-0.4, -0.2) is 28.4 Å². The van der Waals surface area contributed by atoms with E-state index in [1.807, 2.05) is 49.1 Å². The van der Waals surface area contributed by atoms with Gasteiger partial charge in [0.2, 0.25) is 0 Å². The highest BCUT2D eigenvalue weighted by molar-refractivity contribution is 5.78. The number of carbonyl (C=O) groups is 1. The van der Waals surface area contributed by atoms with E-state index in [1.54, 1.807) is 12.4 Å². The molecule has 0 saturated heterocycles. The highest BCUT2D eigenvalue weighted by Crippen LogP contribution is 2.30. The van der Waals surface area contributed by atoms with E-state index < -0.39 is 0 Å². The van der Waals surface area contributed by atoms with Crippen molar-refractivity contribution in [1.82, 2.24) is 9.88 Å². The first-order valence-electron chi connectivity index (χ1n) is 8.69. The minimum Gasteiger partial charge on any atom is -0.483 e. The van der Waals surface area contributed by atoms with Gasteiger partial charge in [-0.15, -0.1) is 0 Å². The second-order valence-electron chi connectivity index (χ2n) is 7.51. The summed E-state index contributed by atoms with van der Waals surface area (Å²) in [5.41, 5.74) is 2.08. The van der Waals surface area contributed by atoms with Crippen LogP contribution in [0, 0.1) is 0 Å². The number of benzene rings is 1. The predicted molar refractivity (Wildman–Crippen MR) is 101 cm³/mol. The van der Waals surface area contributed by atoms with Gasteiger partial charge < -0.3 is 9.64 Å². The molecule has 0 saturated carbocycles. The van der Waals surface area contributed by atoms with E-state index >= 15 is 0 Å². The van der Waals surface area contributed by atoms with E-state index in [0.717, 1.165) is 16.9 Å². The standard InChI is InChI=1S/C21H28N2O2/c1-16(2)23(14-17-9-8-12-22-13-17)20(24)15-25-19-11-7-6-10-18(19)21(3,4)5/h6-13,16H,14-15H2,1-5H3. The van der Waals surface area contributed by atoms with Gasteiger partial charge in [0.05, 0.1) is 0 Å². The predicted octanol–water partition coefficient (Wildman–Crippen LogP) is 4.20. The first-order valence-corrected chi connectivity index (χ1v) is 8.69. The molecule has 1 heterocycles. The number of para-hydroxylation sites is 1. The van der Waals surface area contributed by atoms with Gasteiger partial charge in [0.1, 0.15) is 5.75 Å². The Morgan fingerprint density at radius 3 is 2.48 bits per heavy atom. The second kappa shape index (κ2) is 8.15. The zero-order valence-corrected chi connectivity index (χ0v) is 15.8. The zero-order valence-electron chi connectivity index (χ0n) is 15.8. The number of rotatable bonds is 6. The number of hydrogen-bond donors (Lipinski definition) is 0. The molecule has 2 rings (SSSR count). The molecule has 0 aliphatic carbocycles. The van der Waals surface area contributed by atoms with Gasteiger partial charge >= 0.3 is 0 Å². The Labute approximate surface area is 150 Å². The van der Waals surface area contributed by atoms with Crippen LogP contribution < -0.4 is 4.74 Å². The molecule has 0 atom stereocenters. The Bertz CT molecular complexity index is 691. The van der Waals surface area contributed by atoms with Crippen molar-refractivity contribution in [3.05, 3.63) is 59.9 Å².